The van der Waals surface area contributed by atoms with Crippen molar-refractivity contribution < 1.29 is 14.6 Å². The molecule has 96 valence electrons. The van der Waals surface area contributed by atoms with Crippen molar-refractivity contribution in [3.05, 3.63) is 65.7 Å². The lowest BCUT2D eigenvalue weighted by molar-refractivity contribution is 0.0223. The fourth-order valence-electron chi connectivity index (χ4n) is 2.85. The molecule has 2 heterocycles. The summed E-state index contributed by atoms with van der Waals surface area (Å²) in [6, 6.07) is 17.6. The van der Waals surface area contributed by atoms with Crippen LogP contribution in [0.2, 0.25) is 0 Å². The van der Waals surface area contributed by atoms with E-state index < -0.39 is 11.7 Å². The van der Waals surface area contributed by atoms with E-state index in [9.17, 15) is 5.11 Å². The zero-order valence-electron chi connectivity index (χ0n) is 10.3. The van der Waals surface area contributed by atoms with Crippen LogP contribution in [0.1, 0.15) is 23.3 Å². The van der Waals surface area contributed by atoms with Gasteiger partial charge in [-0.05, 0) is 11.6 Å². The Morgan fingerprint density at radius 1 is 1.00 bits per heavy atom. The molecule has 19 heavy (non-hydrogen) atoms. The SMILES string of the molecule is OC1c2ccccc2OCC12OC2c1ccccc1. The molecule has 3 heteroatoms. The predicted octanol–water partition coefficient (Wildman–Crippen LogP) is 2.62. The molecular weight excluding hydrogens is 240 g/mol. The molecule has 2 aliphatic rings. The lowest BCUT2D eigenvalue weighted by atomic mass is 9.88. The molecule has 1 saturated heterocycles. The van der Waals surface area contributed by atoms with Gasteiger partial charge in [0, 0.05) is 5.56 Å². The normalized spacial score (nSPS) is 31.6. The smallest absolute Gasteiger partial charge is 0.163 e. The maximum atomic E-state index is 10.6. The third-order valence-corrected chi connectivity index (χ3v) is 3.96. The summed E-state index contributed by atoms with van der Waals surface area (Å²) in [5.41, 5.74) is 1.28. The van der Waals surface area contributed by atoms with Crippen molar-refractivity contribution >= 4 is 0 Å². The van der Waals surface area contributed by atoms with E-state index in [1.807, 2.05) is 54.6 Å². The molecule has 4 rings (SSSR count). The van der Waals surface area contributed by atoms with Crippen molar-refractivity contribution in [3.8, 4) is 5.75 Å². The van der Waals surface area contributed by atoms with Gasteiger partial charge in [-0.2, -0.15) is 0 Å². The Kier molecular flexibility index (Phi) is 2.22. The van der Waals surface area contributed by atoms with Crippen molar-refractivity contribution in [3.63, 3.8) is 0 Å². The lowest BCUT2D eigenvalue weighted by Gasteiger charge is -2.28. The molecule has 0 bridgehead atoms. The molecule has 1 spiro atoms. The number of epoxide rings is 1. The van der Waals surface area contributed by atoms with E-state index >= 15 is 0 Å². The van der Waals surface area contributed by atoms with Crippen LogP contribution in [0.25, 0.3) is 0 Å². The second-order valence-electron chi connectivity index (χ2n) is 5.09. The van der Waals surface area contributed by atoms with Gasteiger partial charge in [-0.3, -0.25) is 0 Å². The lowest BCUT2D eigenvalue weighted by Crippen LogP contribution is -2.35. The summed E-state index contributed by atoms with van der Waals surface area (Å²) in [6.45, 7) is 0.394. The summed E-state index contributed by atoms with van der Waals surface area (Å²) in [7, 11) is 0. The number of ether oxygens (including phenoxy) is 2. The Hall–Kier alpha value is -1.84. The van der Waals surface area contributed by atoms with Gasteiger partial charge in [0.1, 0.15) is 24.6 Å². The van der Waals surface area contributed by atoms with E-state index in [0.717, 1.165) is 16.9 Å². The van der Waals surface area contributed by atoms with Crippen LogP contribution < -0.4 is 4.74 Å². The highest BCUT2D eigenvalue weighted by atomic mass is 16.6. The molecule has 0 saturated carbocycles. The van der Waals surface area contributed by atoms with Gasteiger partial charge in [-0.1, -0.05) is 48.5 Å². The van der Waals surface area contributed by atoms with Crippen LogP contribution in [0.3, 0.4) is 0 Å². The largest absolute Gasteiger partial charge is 0.490 e. The van der Waals surface area contributed by atoms with Crippen molar-refractivity contribution in [2.45, 2.75) is 17.8 Å². The average Bonchev–Trinajstić information content (AvgIpc) is 3.20. The predicted molar refractivity (Wildman–Crippen MR) is 69.9 cm³/mol. The number of aliphatic hydroxyl groups is 1. The molecular formula is C16H14O3. The Labute approximate surface area is 111 Å². The third-order valence-electron chi connectivity index (χ3n) is 3.96. The Balaban J connectivity index is 1.69. The minimum Gasteiger partial charge on any atom is -0.490 e. The molecule has 3 nitrogen and oxygen atoms in total. The maximum Gasteiger partial charge on any atom is 0.163 e. The van der Waals surface area contributed by atoms with Crippen molar-refractivity contribution in [1.29, 1.82) is 0 Å². The topological polar surface area (TPSA) is 42.0 Å². The third kappa shape index (κ3) is 1.52. The van der Waals surface area contributed by atoms with E-state index in [2.05, 4.69) is 0 Å². The summed E-state index contributed by atoms with van der Waals surface area (Å²) in [4.78, 5) is 0. The van der Waals surface area contributed by atoms with Gasteiger partial charge >= 0.3 is 0 Å². The van der Waals surface area contributed by atoms with Gasteiger partial charge in [-0.15, -0.1) is 0 Å². The number of hydrogen-bond acceptors (Lipinski definition) is 3. The Bertz CT molecular complexity index is 610. The van der Waals surface area contributed by atoms with Crippen LogP contribution in [0.15, 0.2) is 54.6 Å². The van der Waals surface area contributed by atoms with Crippen molar-refractivity contribution in [2.24, 2.45) is 0 Å². The molecule has 2 aromatic rings. The van der Waals surface area contributed by atoms with Gasteiger partial charge in [0.2, 0.25) is 0 Å². The second kappa shape index (κ2) is 3.83. The van der Waals surface area contributed by atoms with Crippen molar-refractivity contribution in [2.75, 3.05) is 6.61 Å². The first kappa shape index (κ1) is 11.0. The molecule has 0 amide bonds. The number of para-hydroxylation sites is 1. The quantitative estimate of drug-likeness (QED) is 0.795. The fourth-order valence-corrected chi connectivity index (χ4v) is 2.85. The summed E-state index contributed by atoms with van der Waals surface area (Å²) < 4.78 is 11.6. The molecule has 0 radical (unpaired) electrons. The highest BCUT2D eigenvalue weighted by Crippen LogP contribution is 2.59. The van der Waals surface area contributed by atoms with E-state index in [1.54, 1.807) is 0 Å². The summed E-state index contributed by atoms with van der Waals surface area (Å²) in [5, 5.41) is 10.6. The van der Waals surface area contributed by atoms with Gasteiger partial charge in [0.15, 0.2) is 5.60 Å². The zero-order chi connectivity index (χ0) is 12.9. The van der Waals surface area contributed by atoms with Crippen LogP contribution in [0, 0.1) is 0 Å². The zero-order valence-corrected chi connectivity index (χ0v) is 10.3. The van der Waals surface area contributed by atoms with Crippen LogP contribution in [-0.2, 0) is 4.74 Å². The highest BCUT2D eigenvalue weighted by Gasteiger charge is 2.65. The van der Waals surface area contributed by atoms with Gasteiger partial charge in [0.25, 0.3) is 0 Å². The number of rotatable bonds is 1. The van der Waals surface area contributed by atoms with E-state index in [1.165, 1.54) is 0 Å². The first-order chi connectivity index (χ1) is 9.31. The molecule has 1 fully saturated rings. The minimum absolute atomic E-state index is 0.0861. The van der Waals surface area contributed by atoms with Crippen LogP contribution in [0.5, 0.6) is 5.75 Å². The van der Waals surface area contributed by atoms with E-state index in [-0.39, 0.29) is 6.10 Å². The van der Waals surface area contributed by atoms with Crippen LogP contribution >= 0.6 is 0 Å². The molecule has 2 aromatic carbocycles. The maximum absolute atomic E-state index is 10.6. The average molecular weight is 254 g/mol. The Morgan fingerprint density at radius 2 is 1.74 bits per heavy atom. The minimum atomic E-state index is -0.636. The molecule has 0 aromatic heterocycles. The van der Waals surface area contributed by atoms with Gasteiger partial charge in [-0.25, -0.2) is 0 Å². The first-order valence-electron chi connectivity index (χ1n) is 6.44. The highest BCUT2D eigenvalue weighted by molar-refractivity contribution is 5.42. The molecule has 2 aliphatic heterocycles. The molecule has 0 aliphatic carbocycles. The van der Waals surface area contributed by atoms with Gasteiger partial charge < -0.3 is 14.6 Å². The van der Waals surface area contributed by atoms with E-state index in [4.69, 9.17) is 9.47 Å². The summed E-state index contributed by atoms with van der Waals surface area (Å²) in [5.74, 6) is 0.753. The van der Waals surface area contributed by atoms with Gasteiger partial charge in [0.05, 0.1) is 0 Å². The summed E-state index contributed by atoms with van der Waals surface area (Å²) >= 11 is 0. The molecule has 1 N–H and O–H groups in total. The van der Waals surface area contributed by atoms with Crippen molar-refractivity contribution in [1.82, 2.24) is 0 Å². The fraction of sp³-hybridized carbons (Fsp3) is 0.250. The summed E-state index contributed by atoms with van der Waals surface area (Å²) in [6.07, 6.45) is -0.722. The second-order valence-corrected chi connectivity index (χ2v) is 5.09. The standard InChI is InChI=1S/C16H14O3/c17-14-12-8-4-5-9-13(12)18-10-16(14)15(19-16)11-6-2-1-3-7-11/h1-9,14-15,17H,10H2. The Morgan fingerprint density at radius 3 is 2.58 bits per heavy atom. The molecule has 3 unspecified atom stereocenters. The number of hydrogen-bond donors (Lipinski definition) is 1. The van der Waals surface area contributed by atoms with Crippen LogP contribution in [0.4, 0.5) is 0 Å². The number of fused-ring (bicyclic) bond motifs is 1. The number of aliphatic hydroxyl groups excluding tert-OH is 1. The first-order valence-corrected chi connectivity index (χ1v) is 6.44. The van der Waals surface area contributed by atoms with Crippen LogP contribution in [-0.4, -0.2) is 17.3 Å². The van der Waals surface area contributed by atoms with E-state index in [0.29, 0.717) is 6.61 Å². The monoisotopic (exact) mass is 254 g/mol. The number of benzene rings is 2. The molecule has 3 atom stereocenters.